The van der Waals surface area contributed by atoms with Gasteiger partial charge < -0.3 is 14.9 Å². The highest BCUT2D eigenvalue weighted by molar-refractivity contribution is 7.10. The molecule has 0 aliphatic heterocycles. The maximum Gasteiger partial charge on any atom is 0.335 e. The molecule has 1 heterocycles. The standard InChI is InChI=1S/C10H14O4S/c1-2-14-10(13)8(12)6-7(11)9-4-3-5-15-9/h3-5,7-8,11-12H,2,6H2,1H3/t7-,8+/m0/s1. The van der Waals surface area contributed by atoms with E-state index < -0.39 is 18.2 Å². The first-order chi connectivity index (χ1) is 7.15. The maximum atomic E-state index is 11.1. The minimum absolute atomic E-state index is 0.0284. The summed E-state index contributed by atoms with van der Waals surface area (Å²) in [7, 11) is 0. The van der Waals surface area contributed by atoms with E-state index in [2.05, 4.69) is 4.74 Å². The summed E-state index contributed by atoms with van der Waals surface area (Å²) in [4.78, 5) is 11.8. The van der Waals surface area contributed by atoms with Gasteiger partial charge in [0.05, 0.1) is 12.7 Å². The Morgan fingerprint density at radius 2 is 2.33 bits per heavy atom. The van der Waals surface area contributed by atoms with E-state index in [9.17, 15) is 15.0 Å². The molecule has 4 nitrogen and oxygen atoms in total. The van der Waals surface area contributed by atoms with Gasteiger partial charge in [0, 0.05) is 11.3 Å². The molecule has 1 aromatic rings. The van der Waals surface area contributed by atoms with Crippen LogP contribution in [0.25, 0.3) is 0 Å². The van der Waals surface area contributed by atoms with Crippen molar-refractivity contribution in [1.29, 1.82) is 0 Å². The Kier molecular flexibility index (Phi) is 4.74. The average Bonchev–Trinajstić information content (AvgIpc) is 2.70. The minimum Gasteiger partial charge on any atom is -0.464 e. The summed E-state index contributed by atoms with van der Waals surface area (Å²) in [6.45, 7) is 1.89. The Hall–Kier alpha value is -0.910. The molecular weight excluding hydrogens is 216 g/mol. The maximum absolute atomic E-state index is 11.1. The predicted molar refractivity (Wildman–Crippen MR) is 56.5 cm³/mol. The molecule has 15 heavy (non-hydrogen) atoms. The van der Waals surface area contributed by atoms with Crippen LogP contribution in [0.4, 0.5) is 0 Å². The number of carbonyl (C=O) groups excluding carboxylic acids is 1. The van der Waals surface area contributed by atoms with Gasteiger partial charge in [-0.15, -0.1) is 11.3 Å². The molecular formula is C10H14O4S. The summed E-state index contributed by atoms with van der Waals surface area (Å²) < 4.78 is 4.63. The van der Waals surface area contributed by atoms with Crippen LogP contribution in [0.5, 0.6) is 0 Å². The van der Waals surface area contributed by atoms with E-state index in [0.717, 1.165) is 4.88 Å². The van der Waals surface area contributed by atoms with Gasteiger partial charge in [-0.2, -0.15) is 0 Å². The topological polar surface area (TPSA) is 66.8 Å². The summed E-state index contributed by atoms with van der Waals surface area (Å²) in [5.41, 5.74) is 0. The van der Waals surface area contributed by atoms with E-state index in [-0.39, 0.29) is 13.0 Å². The van der Waals surface area contributed by atoms with Crippen molar-refractivity contribution in [2.45, 2.75) is 25.6 Å². The van der Waals surface area contributed by atoms with Crippen molar-refractivity contribution in [1.82, 2.24) is 0 Å². The van der Waals surface area contributed by atoms with Gasteiger partial charge in [0.2, 0.25) is 0 Å². The predicted octanol–water partition coefficient (Wildman–Crippen LogP) is 1.10. The zero-order valence-electron chi connectivity index (χ0n) is 8.42. The molecule has 1 aromatic heterocycles. The number of hydrogen-bond donors (Lipinski definition) is 2. The van der Waals surface area contributed by atoms with Crippen LogP contribution in [0, 0.1) is 0 Å². The second kappa shape index (κ2) is 5.85. The van der Waals surface area contributed by atoms with Crippen molar-refractivity contribution in [3.8, 4) is 0 Å². The summed E-state index contributed by atoms with van der Waals surface area (Å²) >= 11 is 1.38. The van der Waals surface area contributed by atoms with Gasteiger partial charge in [0.1, 0.15) is 0 Å². The van der Waals surface area contributed by atoms with Crippen LogP contribution in [0.1, 0.15) is 24.3 Å². The van der Waals surface area contributed by atoms with E-state index in [1.54, 1.807) is 19.1 Å². The van der Waals surface area contributed by atoms with Crippen molar-refractivity contribution in [3.63, 3.8) is 0 Å². The number of hydrogen-bond acceptors (Lipinski definition) is 5. The normalized spacial score (nSPS) is 14.6. The van der Waals surface area contributed by atoms with Crippen molar-refractivity contribution in [2.75, 3.05) is 6.61 Å². The zero-order valence-corrected chi connectivity index (χ0v) is 9.24. The Balaban J connectivity index is 2.44. The SMILES string of the molecule is CCOC(=O)[C@H](O)C[C@H](O)c1cccs1. The number of rotatable bonds is 5. The van der Waals surface area contributed by atoms with Gasteiger partial charge in [0.25, 0.3) is 0 Å². The molecule has 84 valence electrons. The van der Waals surface area contributed by atoms with Crippen molar-refractivity contribution in [2.24, 2.45) is 0 Å². The number of thiophene rings is 1. The first kappa shape index (κ1) is 12.2. The molecule has 5 heteroatoms. The molecule has 0 radical (unpaired) electrons. The largest absolute Gasteiger partial charge is 0.464 e. The van der Waals surface area contributed by atoms with Crippen LogP contribution in [0.15, 0.2) is 17.5 Å². The molecule has 0 spiro atoms. The zero-order chi connectivity index (χ0) is 11.3. The third-order valence-electron chi connectivity index (χ3n) is 1.88. The summed E-state index contributed by atoms with van der Waals surface area (Å²) in [6, 6.07) is 3.56. The highest BCUT2D eigenvalue weighted by Gasteiger charge is 2.21. The molecule has 0 aromatic carbocycles. The van der Waals surface area contributed by atoms with Crippen molar-refractivity contribution < 1.29 is 19.7 Å². The number of aliphatic hydroxyl groups excluding tert-OH is 2. The smallest absolute Gasteiger partial charge is 0.335 e. The lowest BCUT2D eigenvalue weighted by Gasteiger charge is -2.13. The van der Waals surface area contributed by atoms with Crippen molar-refractivity contribution >= 4 is 17.3 Å². The first-order valence-corrected chi connectivity index (χ1v) is 5.59. The van der Waals surface area contributed by atoms with Gasteiger partial charge in [0.15, 0.2) is 6.10 Å². The number of ether oxygens (including phenoxy) is 1. The Morgan fingerprint density at radius 1 is 1.60 bits per heavy atom. The van der Waals surface area contributed by atoms with Crippen LogP contribution in [-0.2, 0) is 9.53 Å². The molecule has 1 rings (SSSR count). The van der Waals surface area contributed by atoms with E-state index in [0.29, 0.717) is 0 Å². The fourth-order valence-corrected chi connectivity index (χ4v) is 1.87. The quantitative estimate of drug-likeness (QED) is 0.743. The lowest BCUT2D eigenvalue weighted by atomic mass is 10.1. The van der Waals surface area contributed by atoms with Gasteiger partial charge in [-0.25, -0.2) is 4.79 Å². The highest BCUT2D eigenvalue weighted by atomic mass is 32.1. The number of carbonyl (C=O) groups is 1. The second-order valence-electron chi connectivity index (χ2n) is 3.03. The summed E-state index contributed by atoms with van der Waals surface area (Å²) in [5, 5.41) is 20.9. The molecule has 0 fully saturated rings. The van der Waals surface area contributed by atoms with Crippen LogP contribution >= 0.6 is 11.3 Å². The first-order valence-electron chi connectivity index (χ1n) is 4.71. The van der Waals surface area contributed by atoms with Gasteiger partial charge in [-0.05, 0) is 18.4 Å². The lowest BCUT2D eigenvalue weighted by molar-refractivity contribution is -0.154. The Morgan fingerprint density at radius 3 is 2.87 bits per heavy atom. The van der Waals surface area contributed by atoms with Crippen LogP contribution in [0.3, 0.4) is 0 Å². The van der Waals surface area contributed by atoms with Crippen LogP contribution < -0.4 is 0 Å². The van der Waals surface area contributed by atoms with E-state index in [1.807, 2.05) is 5.38 Å². The van der Waals surface area contributed by atoms with Gasteiger partial charge in [-0.1, -0.05) is 6.07 Å². The second-order valence-corrected chi connectivity index (χ2v) is 4.01. The Bertz CT molecular complexity index is 296. The molecule has 2 N–H and O–H groups in total. The molecule has 0 aliphatic rings. The molecule has 0 aliphatic carbocycles. The van der Waals surface area contributed by atoms with E-state index in [1.165, 1.54) is 11.3 Å². The third kappa shape index (κ3) is 3.62. The molecule has 0 amide bonds. The molecule has 0 saturated heterocycles. The molecule has 0 saturated carbocycles. The number of esters is 1. The minimum atomic E-state index is -1.26. The number of aliphatic hydroxyl groups is 2. The molecule has 0 unspecified atom stereocenters. The van der Waals surface area contributed by atoms with E-state index >= 15 is 0 Å². The lowest BCUT2D eigenvalue weighted by Crippen LogP contribution is -2.25. The van der Waals surface area contributed by atoms with E-state index in [4.69, 9.17) is 0 Å². The Labute approximate surface area is 92.1 Å². The highest BCUT2D eigenvalue weighted by Crippen LogP contribution is 2.23. The molecule has 0 bridgehead atoms. The fraction of sp³-hybridized carbons (Fsp3) is 0.500. The summed E-state index contributed by atoms with van der Waals surface area (Å²) in [6.07, 6.45) is -2.11. The molecule has 2 atom stereocenters. The average molecular weight is 230 g/mol. The fourth-order valence-electron chi connectivity index (χ4n) is 1.14. The van der Waals surface area contributed by atoms with Crippen molar-refractivity contribution in [3.05, 3.63) is 22.4 Å². The van der Waals surface area contributed by atoms with Gasteiger partial charge in [-0.3, -0.25) is 0 Å². The summed E-state index contributed by atoms with van der Waals surface area (Å²) in [5.74, 6) is -0.687. The van der Waals surface area contributed by atoms with Gasteiger partial charge >= 0.3 is 5.97 Å². The van der Waals surface area contributed by atoms with Crippen LogP contribution in [0.2, 0.25) is 0 Å². The van der Waals surface area contributed by atoms with Crippen LogP contribution in [-0.4, -0.2) is 28.9 Å². The third-order valence-corrected chi connectivity index (χ3v) is 2.85. The monoisotopic (exact) mass is 230 g/mol.